The van der Waals surface area contributed by atoms with Crippen LogP contribution in [0.15, 0.2) is 30.9 Å². The molecule has 0 aliphatic heterocycles. The summed E-state index contributed by atoms with van der Waals surface area (Å²) < 4.78 is 1.76. The molecule has 6 nitrogen and oxygen atoms in total. The molecule has 0 atom stereocenters. The van der Waals surface area contributed by atoms with E-state index in [1.54, 1.807) is 29.4 Å². The van der Waals surface area contributed by atoms with Gasteiger partial charge in [-0.3, -0.25) is 4.79 Å². The van der Waals surface area contributed by atoms with E-state index in [9.17, 15) is 4.79 Å². The van der Waals surface area contributed by atoms with Crippen molar-refractivity contribution in [3.63, 3.8) is 0 Å². The summed E-state index contributed by atoms with van der Waals surface area (Å²) in [5.74, 6) is 0.391. The second-order valence-electron chi connectivity index (χ2n) is 4.19. The van der Waals surface area contributed by atoms with Gasteiger partial charge < -0.3 is 15.6 Å². The van der Waals surface area contributed by atoms with Crippen molar-refractivity contribution in [3.8, 4) is 11.3 Å². The Balaban J connectivity index is 2.19. The lowest BCUT2D eigenvalue weighted by Gasteiger charge is -2.09. The molecule has 2 rings (SSSR count). The highest BCUT2D eigenvalue weighted by atomic mass is 16.1. The number of hydrogen-bond acceptors (Lipinski definition) is 4. The van der Waals surface area contributed by atoms with Crippen molar-refractivity contribution < 1.29 is 4.79 Å². The monoisotopic (exact) mass is 259 g/mol. The van der Waals surface area contributed by atoms with Gasteiger partial charge in [-0.05, 0) is 18.6 Å². The number of nitrogen functional groups attached to an aromatic ring is 1. The number of amides is 1. The van der Waals surface area contributed by atoms with Crippen LogP contribution in [0.3, 0.4) is 0 Å². The zero-order chi connectivity index (χ0) is 13.7. The predicted molar refractivity (Wildman–Crippen MR) is 73.2 cm³/mol. The predicted octanol–water partition coefficient (Wildman–Crippen LogP) is 1.05. The molecule has 0 radical (unpaired) electrons. The molecule has 1 amide bonds. The Kier molecular flexibility index (Phi) is 4.12. The van der Waals surface area contributed by atoms with E-state index in [1.165, 1.54) is 0 Å². The van der Waals surface area contributed by atoms with Gasteiger partial charge in [0.25, 0.3) is 0 Å². The van der Waals surface area contributed by atoms with Crippen LogP contribution in [0, 0.1) is 0 Å². The van der Waals surface area contributed by atoms with Gasteiger partial charge in [-0.2, -0.15) is 0 Å². The van der Waals surface area contributed by atoms with Gasteiger partial charge in [-0.1, -0.05) is 6.92 Å². The average molecular weight is 259 g/mol. The zero-order valence-corrected chi connectivity index (χ0v) is 10.8. The van der Waals surface area contributed by atoms with Crippen LogP contribution in [0.1, 0.15) is 13.3 Å². The fraction of sp³-hybridized carbons (Fsp3) is 0.308. The zero-order valence-electron chi connectivity index (χ0n) is 10.8. The minimum atomic E-state index is -0.0384. The van der Waals surface area contributed by atoms with Gasteiger partial charge in [0.1, 0.15) is 12.4 Å². The summed E-state index contributed by atoms with van der Waals surface area (Å²) in [5, 5.41) is 2.83. The maximum absolute atomic E-state index is 11.7. The van der Waals surface area contributed by atoms with Crippen LogP contribution in [0.5, 0.6) is 0 Å². The summed E-state index contributed by atoms with van der Waals surface area (Å²) in [4.78, 5) is 19.8. The van der Waals surface area contributed by atoms with Crippen LogP contribution >= 0.6 is 0 Å². The fourth-order valence-electron chi connectivity index (χ4n) is 1.78. The van der Waals surface area contributed by atoms with Gasteiger partial charge in [0, 0.05) is 18.3 Å². The molecule has 3 N–H and O–H groups in total. The van der Waals surface area contributed by atoms with E-state index in [2.05, 4.69) is 15.3 Å². The van der Waals surface area contributed by atoms with E-state index in [0.717, 1.165) is 17.7 Å². The fourth-order valence-corrected chi connectivity index (χ4v) is 1.78. The second-order valence-corrected chi connectivity index (χ2v) is 4.19. The van der Waals surface area contributed by atoms with Crippen molar-refractivity contribution in [2.75, 3.05) is 12.3 Å². The summed E-state index contributed by atoms with van der Waals surface area (Å²) in [7, 11) is 0. The summed E-state index contributed by atoms with van der Waals surface area (Å²) in [6, 6.07) is 3.67. The molecule has 0 saturated heterocycles. The molecule has 2 heterocycles. The number of anilines is 1. The van der Waals surface area contributed by atoms with Crippen molar-refractivity contribution in [2.24, 2.45) is 0 Å². The summed E-state index contributed by atoms with van der Waals surface area (Å²) in [5.41, 5.74) is 7.41. The molecule has 19 heavy (non-hydrogen) atoms. The average Bonchev–Trinajstić information content (AvgIpc) is 2.85. The number of rotatable bonds is 5. The van der Waals surface area contributed by atoms with E-state index in [4.69, 9.17) is 5.73 Å². The first-order chi connectivity index (χ1) is 9.22. The maximum atomic E-state index is 11.7. The number of imidazole rings is 1. The molecule has 0 unspecified atom stereocenters. The van der Waals surface area contributed by atoms with Gasteiger partial charge in [-0.15, -0.1) is 0 Å². The third kappa shape index (κ3) is 3.09. The Hall–Kier alpha value is -2.37. The number of carbonyl (C=O) groups excluding carboxylic acids is 1. The molecule has 6 heteroatoms. The summed E-state index contributed by atoms with van der Waals surface area (Å²) in [6.07, 6.45) is 5.85. The van der Waals surface area contributed by atoms with Gasteiger partial charge in [-0.25, -0.2) is 9.97 Å². The number of hydrogen-bond donors (Lipinski definition) is 2. The third-order valence-corrected chi connectivity index (χ3v) is 2.71. The Bertz CT molecular complexity index is 564. The first-order valence-corrected chi connectivity index (χ1v) is 6.20. The maximum Gasteiger partial charge on any atom is 0.239 e. The first kappa shape index (κ1) is 13.1. The van der Waals surface area contributed by atoms with E-state index in [1.807, 2.05) is 13.0 Å². The molecule has 0 aromatic carbocycles. The highest BCUT2D eigenvalue weighted by molar-refractivity contribution is 5.77. The molecular weight excluding hydrogens is 242 g/mol. The van der Waals surface area contributed by atoms with E-state index < -0.39 is 0 Å². The molecule has 0 spiro atoms. The van der Waals surface area contributed by atoms with Crippen LogP contribution < -0.4 is 11.1 Å². The minimum Gasteiger partial charge on any atom is -0.383 e. The van der Waals surface area contributed by atoms with Crippen molar-refractivity contribution in [2.45, 2.75) is 19.9 Å². The lowest BCUT2D eigenvalue weighted by Crippen LogP contribution is -2.28. The Labute approximate surface area is 111 Å². The lowest BCUT2D eigenvalue weighted by atomic mass is 10.2. The van der Waals surface area contributed by atoms with Crippen LogP contribution in [0.4, 0.5) is 5.82 Å². The molecular formula is C13H17N5O. The highest BCUT2D eigenvalue weighted by Gasteiger charge is 2.11. The van der Waals surface area contributed by atoms with Gasteiger partial charge in [0.2, 0.25) is 5.91 Å². The number of pyridine rings is 1. The van der Waals surface area contributed by atoms with Crippen molar-refractivity contribution in [3.05, 3.63) is 30.9 Å². The second kappa shape index (κ2) is 5.99. The van der Waals surface area contributed by atoms with Crippen LogP contribution in [0.25, 0.3) is 11.3 Å². The van der Waals surface area contributed by atoms with E-state index in [0.29, 0.717) is 12.4 Å². The molecule has 0 bridgehead atoms. The van der Waals surface area contributed by atoms with Crippen LogP contribution in [0.2, 0.25) is 0 Å². The lowest BCUT2D eigenvalue weighted by molar-refractivity contribution is -0.121. The smallest absolute Gasteiger partial charge is 0.239 e. The Morgan fingerprint density at radius 3 is 3.11 bits per heavy atom. The molecule has 0 saturated carbocycles. The molecule has 100 valence electrons. The summed E-state index contributed by atoms with van der Waals surface area (Å²) >= 11 is 0. The number of aromatic nitrogens is 3. The van der Waals surface area contributed by atoms with Gasteiger partial charge in [0.05, 0.1) is 18.2 Å². The normalized spacial score (nSPS) is 10.4. The van der Waals surface area contributed by atoms with Crippen LogP contribution in [-0.4, -0.2) is 27.0 Å². The SMILES string of the molecule is CCCNC(=O)Cn1cncc1-c1cccnc1N. The number of nitrogens with two attached hydrogens (primary N) is 1. The number of nitrogens with zero attached hydrogens (tertiary/aromatic N) is 3. The molecule has 0 aliphatic carbocycles. The van der Waals surface area contributed by atoms with Gasteiger partial charge in [0.15, 0.2) is 0 Å². The third-order valence-electron chi connectivity index (χ3n) is 2.71. The molecule has 0 fully saturated rings. The number of nitrogens with one attached hydrogen (secondary N) is 1. The Morgan fingerprint density at radius 1 is 1.53 bits per heavy atom. The molecule has 2 aromatic rings. The Morgan fingerprint density at radius 2 is 2.37 bits per heavy atom. The van der Waals surface area contributed by atoms with E-state index in [-0.39, 0.29) is 12.5 Å². The molecule has 2 aromatic heterocycles. The largest absolute Gasteiger partial charge is 0.383 e. The minimum absolute atomic E-state index is 0.0384. The van der Waals surface area contributed by atoms with E-state index >= 15 is 0 Å². The first-order valence-electron chi connectivity index (χ1n) is 6.20. The van der Waals surface area contributed by atoms with Crippen LogP contribution in [-0.2, 0) is 11.3 Å². The quantitative estimate of drug-likeness (QED) is 0.840. The highest BCUT2D eigenvalue weighted by Crippen LogP contribution is 2.23. The van der Waals surface area contributed by atoms with Crippen molar-refractivity contribution >= 4 is 11.7 Å². The number of carbonyl (C=O) groups is 1. The topological polar surface area (TPSA) is 85.8 Å². The van der Waals surface area contributed by atoms with Crippen molar-refractivity contribution in [1.29, 1.82) is 0 Å². The van der Waals surface area contributed by atoms with Crippen molar-refractivity contribution in [1.82, 2.24) is 19.9 Å². The molecule has 0 aliphatic rings. The van der Waals surface area contributed by atoms with Gasteiger partial charge >= 0.3 is 0 Å². The standard InChI is InChI=1S/C13H17N5O/c1-2-5-16-12(19)8-18-9-15-7-11(18)10-4-3-6-17-13(10)14/h3-4,6-7,9H,2,5,8H2,1H3,(H2,14,17)(H,16,19). The summed E-state index contributed by atoms with van der Waals surface area (Å²) in [6.45, 7) is 2.92.